The van der Waals surface area contributed by atoms with Crippen LogP contribution in [0.5, 0.6) is 0 Å². The fourth-order valence-corrected chi connectivity index (χ4v) is 2.47. The molecule has 1 aliphatic carbocycles. The van der Waals surface area contributed by atoms with E-state index in [2.05, 4.69) is 29.6 Å². The minimum atomic E-state index is 0.611. The molecule has 18 heavy (non-hydrogen) atoms. The summed E-state index contributed by atoms with van der Waals surface area (Å²) in [5.74, 6) is 0.611. The molecule has 0 fully saturated rings. The van der Waals surface area contributed by atoms with Crippen molar-refractivity contribution in [3.8, 4) is 0 Å². The summed E-state index contributed by atoms with van der Waals surface area (Å²) < 4.78 is 0. The van der Waals surface area contributed by atoms with E-state index in [4.69, 9.17) is 11.5 Å². The Hall–Kier alpha value is -2.16. The number of nitrogen functional groups attached to an aromatic ring is 2. The Morgan fingerprint density at radius 1 is 1.06 bits per heavy atom. The van der Waals surface area contributed by atoms with E-state index in [0.29, 0.717) is 17.3 Å². The third-order valence-electron chi connectivity index (χ3n) is 3.60. The number of anilines is 3. The number of benzene rings is 2. The molecule has 1 aliphatic rings. The van der Waals surface area contributed by atoms with Crippen LogP contribution in [0.4, 0.5) is 17.1 Å². The van der Waals surface area contributed by atoms with E-state index in [-0.39, 0.29) is 0 Å². The Kier molecular flexibility index (Phi) is 2.59. The molecule has 2 aromatic carbocycles. The van der Waals surface area contributed by atoms with Gasteiger partial charge in [-0.15, -0.1) is 0 Å². The average molecular weight is 239 g/mol. The van der Waals surface area contributed by atoms with Crippen molar-refractivity contribution in [2.24, 2.45) is 0 Å². The molecule has 3 nitrogen and oxygen atoms in total. The van der Waals surface area contributed by atoms with Crippen LogP contribution in [0.25, 0.3) is 0 Å². The van der Waals surface area contributed by atoms with Crippen LogP contribution in [0.2, 0.25) is 0 Å². The van der Waals surface area contributed by atoms with Gasteiger partial charge in [0.15, 0.2) is 0 Å². The summed E-state index contributed by atoms with van der Waals surface area (Å²) in [6.07, 6.45) is 1.16. The summed E-state index contributed by atoms with van der Waals surface area (Å²) in [6, 6.07) is 14.3. The number of nitrogens with two attached hydrogens (primary N) is 2. The highest BCUT2D eigenvalue weighted by atomic mass is 14.9. The van der Waals surface area contributed by atoms with Crippen LogP contribution in [0.15, 0.2) is 42.5 Å². The van der Waals surface area contributed by atoms with Gasteiger partial charge in [-0.05, 0) is 35.7 Å². The van der Waals surface area contributed by atoms with Crippen molar-refractivity contribution in [3.63, 3.8) is 0 Å². The van der Waals surface area contributed by atoms with Crippen LogP contribution in [0.1, 0.15) is 17.0 Å². The van der Waals surface area contributed by atoms with E-state index in [1.165, 1.54) is 11.1 Å². The minimum Gasteiger partial charge on any atom is -0.397 e. The summed E-state index contributed by atoms with van der Waals surface area (Å²) in [5, 5.41) is 3.42. The second-order valence-electron chi connectivity index (χ2n) is 4.82. The third kappa shape index (κ3) is 1.88. The van der Waals surface area contributed by atoms with Gasteiger partial charge in [0.1, 0.15) is 0 Å². The second-order valence-corrected chi connectivity index (χ2v) is 4.82. The van der Waals surface area contributed by atoms with Gasteiger partial charge >= 0.3 is 0 Å². The molecule has 3 rings (SSSR count). The molecule has 0 spiro atoms. The molecule has 5 N–H and O–H groups in total. The normalized spacial score (nSPS) is 16.8. The summed E-state index contributed by atoms with van der Waals surface area (Å²) in [6.45, 7) is 0.945. The van der Waals surface area contributed by atoms with Crippen LogP contribution >= 0.6 is 0 Å². The standard InChI is InChI=1S/C15H17N3/c16-14-6-5-12(8-15(14)17)18-9-11-7-10-3-1-2-4-13(10)11/h1-6,8,11,18H,7,9,16-17H2. The van der Waals surface area contributed by atoms with E-state index in [1.807, 2.05) is 18.2 Å². The Morgan fingerprint density at radius 3 is 2.67 bits per heavy atom. The van der Waals surface area contributed by atoms with E-state index in [0.717, 1.165) is 18.7 Å². The number of hydrogen-bond acceptors (Lipinski definition) is 3. The Labute approximate surface area is 107 Å². The SMILES string of the molecule is Nc1ccc(NCC2Cc3ccccc32)cc1N. The van der Waals surface area contributed by atoms with E-state index >= 15 is 0 Å². The van der Waals surface area contributed by atoms with Gasteiger partial charge < -0.3 is 16.8 Å². The molecule has 0 heterocycles. The smallest absolute Gasteiger partial charge is 0.0568 e. The van der Waals surface area contributed by atoms with Gasteiger partial charge in [-0.2, -0.15) is 0 Å². The van der Waals surface area contributed by atoms with Gasteiger partial charge in [0.2, 0.25) is 0 Å². The summed E-state index contributed by atoms with van der Waals surface area (Å²) in [5.41, 5.74) is 16.7. The number of fused-ring (bicyclic) bond motifs is 1. The number of rotatable bonds is 3. The molecule has 92 valence electrons. The molecular formula is C15H17N3. The van der Waals surface area contributed by atoms with Gasteiger partial charge in [0.25, 0.3) is 0 Å². The second kappa shape index (κ2) is 4.26. The predicted molar refractivity (Wildman–Crippen MR) is 76.6 cm³/mol. The van der Waals surface area contributed by atoms with Gasteiger partial charge in [-0.3, -0.25) is 0 Å². The topological polar surface area (TPSA) is 64.1 Å². The molecule has 0 aromatic heterocycles. The highest BCUT2D eigenvalue weighted by Crippen LogP contribution is 2.34. The Balaban J connectivity index is 1.65. The van der Waals surface area contributed by atoms with Crippen molar-refractivity contribution in [2.75, 3.05) is 23.3 Å². The quantitative estimate of drug-likeness (QED) is 0.721. The highest BCUT2D eigenvalue weighted by molar-refractivity contribution is 5.69. The Morgan fingerprint density at radius 2 is 1.89 bits per heavy atom. The Bertz CT molecular complexity index is 578. The fraction of sp³-hybridized carbons (Fsp3) is 0.200. The first-order valence-corrected chi connectivity index (χ1v) is 6.21. The first-order valence-electron chi connectivity index (χ1n) is 6.21. The predicted octanol–water partition coefficient (Wildman–Crippen LogP) is 2.60. The van der Waals surface area contributed by atoms with Gasteiger partial charge in [0.05, 0.1) is 11.4 Å². The van der Waals surface area contributed by atoms with Crippen LogP contribution in [0.3, 0.4) is 0 Å². The molecule has 0 aliphatic heterocycles. The molecule has 0 amide bonds. The average Bonchev–Trinajstić information content (AvgIpc) is 2.35. The first kappa shape index (κ1) is 11.0. The van der Waals surface area contributed by atoms with Crippen molar-refractivity contribution < 1.29 is 0 Å². The largest absolute Gasteiger partial charge is 0.397 e. The highest BCUT2D eigenvalue weighted by Gasteiger charge is 2.24. The van der Waals surface area contributed by atoms with Crippen molar-refractivity contribution in [1.82, 2.24) is 0 Å². The third-order valence-corrected chi connectivity index (χ3v) is 3.60. The first-order chi connectivity index (χ1) is 8.74. The fourth-order valence-electron chi connectivity index (χ4n) is 2.47. The summed E-state index contributed by atoms with van der Waals surface area (Å²) in [4.78, 5) is 0. The molecule has 0 bridgehead atoms. The zero-order chi connectivity index (χ0) is 12.5. The molecule has 2 aromatic rings. The maximum absolute atomic E-state index is 5.79. The number of hydrogen-bond donors (Lipinski definition) is 3. The van der Waals surface area contributed by atoms with Crippen LogP contribution in [-0.4, -0.2) is 6.54 Å². The maximum Gasteiger partial charge on any atom is 0.0568 e. The monoisotopic (exact) mass is 239 g/mol. The van der Waals surface area contributed by atoms with Gasteiger partial charge in [0, 0.05) is 18.2 Å². The van der Waals surface area contributed by atoms with Crippen LogP contribution in [0, 0.1) is 0 Å². The molecule has 1 unspecified atom stereocenters. The van der Waals surface area contributed by atoms with Crippen LogP contribution in [-0.2, 0) is 6.42 Å². The summed E-state index contributed by atoms with van der Waals surface area (Å²) in [7, 11) is 0. The van der Waals surface area contributed by atoms with E-state index in [1.54, 1.807) is 0 Å². The zero-order valence-electron chi connectivity index (χ0n) is 10.2. The van der Waals surface area contributed by atoms with E-state index < -0.39 is 0 Å². The lowest BCUT2D eigenvalue weighted by atomic mass is 9.77. The number of nitrogens with one attached hydrogen (secondary N) is 1. The van der Waals surface area contributed by atoms with Crippen molar-refractivity contribution in [3.05, 3.63) is 53.6 Å². The lowest BCUT2D eigenvalue weighted by molar-refractivity contribution is 0.636. The molecule has 3 heteroatoms. The van der Waals surface area contributed by atoms with Gasteiger partial charge in [-0.1, -0.05) is 24.3 Å². The summed E-state index contributed by atoms with van der Waals surface area (Å²) >= 11 is 0. The lowest BCUT2D eigenvalue weighted by Crippen LogP contribution is -2.24. The molecule has 0 saturated carbocycles. The maximum atomic E-state index is 5.79. The lowest BCUT2D eigenvalue weighted by Gasteiger charge is -2.30. The molecule has 0 radical (unpaired) electrons. The van der Waals surface area contributed by atoms with Gasteiger partial charge in [-0.25, -0.2) is 0 Å². The van der Waals surface area contributed by atoms with Crippen molar-refractivity contribution in [1.29, 1.82) is 0 Å². The van der Waals surface area contributed by atoms with E-state index in [9.17, 15) is 0 Å². The zero-order valence-corrected chi connectivity index (χ0v) is 10.2. The molecule has 1 atom stereocenters. The van der Waals surface area contributed by atoms with Crippen LogP contribution < -0.4 is 16.8 Å². The molecule has 0 saturated heterocycles. The van der Waals surface area contributed by atoms with Crippen molar-refractivity contribution in [2.45, 2.75) is 12.3 Å². The minimum absolute atomic E-state index is 0.611. The van der Waals surface area contributed by atoms with Crippen molar-refractivity contribution >= 4 is 17.1 Å². The molecular weight excluding hydrogens is 222 g/mol.